The third-order valence-corrected chi connectivity index (χ3v) is 10.3. The summed E-state index contributed by atoms with van der Waals surface area (Å²) in [6.07, 6.45) is -0.0615. The molecule has 1 aliphatic carbocycles. The molecule has 60 heavy (non-hydrogen) atoms. The topological polar surface area (TPSA) is 129 Å². The van der Waals surface area contributed by atoms with E-state index in [9.17, 15) is 9.59 Å². The molecule has 4 aromatic carbocycles. The van der Waals surface area contributed by atoms with Crippen LogP contribution in [0.3, 0.4) is 0 Å². The monoisotopic (exact) mass is 799 g/mol. The maximum Gasteiger partial charge on any atom is 0.407 e. The molecule has 0 saturated heterocycles. The standard InChI is InChI=1S/C49H45N5O6/c1-54(2)28-27-45-46(41-24-14-26-43(51-41)48(55)58-30-34-17-7-4-8-18-34)53-47(60-45)42-25-13-23-40(50-42)44(32-57-29-33-15-5-3-6-16-33)52-49(56)59-31-39-37-21-11-9-19-35(37)36-20-10-12-22-38(36)39/h3-26,39,44H,27-32H2,1-2H3,(H,52,56). The minimum Gasteiger partial charge on any atom is -0.456 e. The maximum atomic E-state index is 13.6. The van der Waals surface area contributed by atoms with Crippen molar-refractivity contribution in [2.75, 3.05) is 33.9 Å². The second-order valence-corrected chi connectivity index (χ2v) is 14.8. The fraction of sp³-hybridized carbons (Fsp3) is 0.204. The Kier molecular flexibility index (Phi) is 12.5. The van der Waals surface area contributed by atoms with Gasteiger partial charge in [0.1, 0.15) is 36.1 Å². The third kappa shape index (κ3) is 9.50. The molecular formula is C49H45N5O6. The Morgan fingerprint density at radius 3 is 2.02 bits per heavy atom. The Hall–Kier alpha value is -6.95. The lowest BCUT2D eigenvalue weighted by atomic mass is 9.98. The molecule has 3 heterocycles. The van der Waals surface area contributed by atoms with Crippen LogP contribution in [-0.2, 0) is 33.8 Å². The van der Waals surface area contributed by atoms with Crippen molar-refractivity contribution in [3.63, 3.8) is 0 Å². The summed E-state index contributed by atoms with van der Waals surface area (Å²) < 4.78 is 24.1. The highest BCUT2D eigenvalue weighted by atomic mass is 16.6. The van der Waals surface area contributed by atoms with E-state index in [0.717, 1.165) is 33.4 Å². The summed E-state index contributed by atoms with van der Waals surface area (Å²) in [5, 5.41) is 3.02. The number of alkyl carbamates (subject to hydrolysis) is 1. The first-order chi connectivity index (χ1) is 29.4. The normalized spacial score (nSPS) is 12.4. The second-order valence-electron chi connectivity index (χ2n) is 14.8. The van der Waals surface area contributed by atoms with Crippen LogP contribution < -0.4 is 5.32 Å². The smallest absolute Gasteiger partial charge is 0.407 e. The molecule has 1 aliphatic rings. The number of rotatable bonds is 16. The van der Waals surface area contributed by atoms with Crippen LogP contribution in [0.2, 0.25) is 0 Å². The van der Waals surface area contributed by atoms with Crippen LogP contribution in [0.4, 0.5) is 4.79 Å². The van der Waals surface area contributed by atoms with Crippen LogP contribution in [0.5, 0.6) is 0 Å². The minimum atomic E-state index is -0.674. The first-order valence-electron chi connectivity index (χ1n) is 19.9. The number of aromatic nitrogens is 3. The zero-order valence-electron chi connectivity index (χ0n) is 33.5. The van der Waals surface area contributed by atoms with Crippen molar-refractivity contribution in [1.82, 2.24) is 25.2 Å². The van der Waals surface area contributed by atoms with E-state index in [1.807, 2.05) is 116 Å². The van der Waals surface area contributed by atoms with E-state index < -0.39 is 18.1 Å². The fourth-order valence-electron chi connectivity index (χ4n) is 7.25. The van der Waals surface area contributed by atoms with Crippen molar-refractivity contribution in [1.29, 1.82) is 0 Å². The highest BCUT2D eigenvalue weighted by molar-refractivity contribution is 5.88. The number of esters is 1. The number of fused-ring (bicyclic) bond motifs is 3. The van der Waals surface area contributed by atoms with E-state index in [-0.39, 0.29) is 37.3 Å². The van der Waals surface area contributed by atoms with Crippen LogP contribution >= 0.6 is 0 Å². The Bertz CT molecular complexity index is 2510. The summed E-state index contributed by atoms with van der Waals surface area (Å²) in [7, 11) is 3.96. The van der Waals surface area contributed by atoms with Gasteiger partial charge in [0.25, 0.3) is 0 Å². The highest BCUT2D eigenvalue weighted by Crippen LogP contribution is 2.44. The van der Waals surface area contributed by atoms with E-state index in [4.69, 9.17) is 28.6 Å². The number of nitrogens with one attached hydrogen (secondary N) is 1. The predicted octanol–water partition coefficient (Wildman–Crippen LogP) is 9.06. The first-order valence-corrected chi connectivity index (χ1v) is 19.9. The van der Waals surface area contributed by atoms with Crippen molar-refractivity contribution >= 4 is 12.1 Å². The lowest BCUT2D eigenvalue weighted by molar-refractivity contribution is 0.0465. The predicted molar refractivity (Wildman–Crippen MR) is 228 cm³/mol. The zero-order chi connectivity index (χ0) is 41.3. The Morgan fingerprint density at radius 1 is 0.683 bits per heavy atom. The van der Waals surface area contributed by atoms with Gasteiger partial charge >= 0.3 is 12.1 Å². The number of pyridine rings is 2. The van der Waals surface area contributed by atoms with Gasteiger partial charge in [0, 0.05) is 18.9 Å². The molecule has 11 nitrogen and oxygen atoms in total. The molecule has 0 saturated carbocycles. The van der Waals surface area contributed by atoms with Gasteiger partial charge < -0.3 is 28.8 Å². The van der Waals surface area contributed by atoms with Gasteiger partial charge in [-0.2, -0.15) is 0 Å². The SMILES string of the molecule is CN(C)CCc1oc(-c2cccc(C(COCc3ccccc3)NC(=O)OCC3c4ccccc4-c4ccccc43)n2)nc1-c1cccc(C(=O)OCc2ccccc2)n1. The van der Waals surface area contributed by atoms with Gasteiger partial charge in [-0.05, 0) is 71.7 Å². The van der Waals surface area contributed by atoms with Crippen LogP contribution in [0.1, 0.15) is 56.2 Å². The Morgan fingerprint density at radius 2 is 1.32 bits per heavy atom. The molecule has 3 aromatic heterocycles. The number of oxazole rings is 1. The van der Waals surface area contributed by atoms with E-state index in [1.165, 1.54) is 0 Å². The number of hydrogen-bond acceptors (Lipinski definition) is 10. The van der Waals surface area contributed by atoms with Gasteiger partial charge in [0.15, 0.2) is 0 Å². The minimum absolute atomic E-state index is 0.0894. The van der Waals surface area contributed by atoms with Crippen LogP contribution in [-0.4, -0.2) is 65.8 Å². The van der Waals surface area contributed by atoms with E-state index in [2.05, 4.69) is 34.6 Å². The molecular weight excluding hydrogens is 755 g/mol. The molecule has 0 bridgehead atoms. The number of nitrogens with zero attached hydrogens (tertiary/aromatic N) is 4. The summed E-state index contributed by atoms with van der Waals surface area (Å²) >= 11 is 0. The summed E-state index contributed by atoms with van der Waals surface area (Å²) in [5.41, 5.74) is 8.54. The summed E-state index contributed by atoms with van der Waals surface area (Å²) in [6.45, 7) is 1.44. The van der Waals surface area contributed by atoms with Crippen LogP contribution in [0.15, 0.2) is 150 Å². The molecule has 11 heteroatoms. The van der Waals surface area contributed by atoms with Gasteiger partial charge in [0.05, 0.1) is 30.6 Å². The molecule has 1 unspecified atom stereocenters. The average molecular weight is 800 g/mol. The zero-order valence-corrected chi connectivity index (χ0v) is 33.5. The van der Waals surface area contributed by atoms with Gasteiger partial charge in [0.2, 0.25) is 5.89 Å². The lowest BCUT2D eigenvalue weighted by Gasteiger charge is -2.20. The van der Waals surface area contributed by atoms with Crippen molar-refractivity contribution in [3.05, 3.63) is 185 Å². The lowest BCUT2D eigenvalue weighted by Crippen LogP contribution is -2.33. The number of carbonyl (C=O) groups excluding carboxylic acids is 2. The van der Waals surface area contributed by atoms with Crippen LogP contribution in [0, 0.1) is 0 Å². The van der Waals surface area contributed by atoms with Gasteiger partial charge in [-0.25, -0.2) is 24.5 Å². The van der Waals surface area contributed by atoms with Crippen molar-refractivity contribution in [3.8, 4) is 34.1 Å². The number of hydrogen-bond donors (Lipinski definition) is 1. The summed E-state index contributed by atoms with van der Waals surface area (Å²) in [4.78, 5) is 43.2. The summed E-state index contributed by atoms with van der Waals surface area (Å²) in [6, 6.07) is 45.7. The van der Waals surface area contributed by atoms with E-state index >= 15 is 0 Å². The number of ether oxygens (including phenoxy) is 3. The molecule has 1 amide bonds. The second kappa shape index (κ2) is 18.8. The number of carbonyl (C=O) groups is 2. The quantitative estimate of drug-likeness (QED) is 0.0946. The molecule has 302 valence electrons. The number of benzene rings is 4. The summed E-state index contributed by atoms with van der Waals surface area (Å²) in [5.74, 6) is 0.226. The van der Waals surface area contributed by atoms with Crippen molar-refractivity contribution in [2.45, 2.75) is 31.6 Å². The fourth-order valence-corrected chi connectivity index (χ4v) is 7.25. The van der Waals surface area contributed by atoms with E-state index in [1.54, 1.807) is 24.3 Å². The Labute approximate surface area is 349 Å². The van der Waals surface area contributed by atoms with Gasteiger partial charge in [-0.1, -0.05) is 121 Å². The van der Waals surface area contributed by atoms with Gasteiger partial charge in [-0.3, -0.25) is 0 Å². The first kappa shape index (κ1) is 39.9. The molecule has 0 radical (unpaired) electrons. The Balaban J connectivity index is 1.03. The third-order valence-electron chi connectivity index (χ3n) is 10.3. The highest BCUT2D eigenvalue weighted by Gasteiger charge is 2.30. The van der Waals surface area contributed by atoms with Crippen LogP contribution in [0.25, 0.3) is 34.1 Å². The molecule has 1 N–H and O–H groups in total. The largest absolute Gasteiger partial charge is 0.456 e. The maximum absolute atomic E-state index is 13.6. The van der Waals surface area contributed by atoms with Gasteiger partial charge in [-0.15, -0.1) is 0 Å². The molecule has 0 aliphatic heterocycles. The number of amides is 1. The molecule has 0 spiro atoms. The molecule has 7 aromatic rings. The average Bonchev–Trinajstić information content (AvgIpc) is 3.87. The number of likely N-dealkylation sites (N-methyl/N-ethyl adjacent to an activating group) is 1. The van der Waals surface area contributed by atoms with Crippen molar-refractivity contribution in [2.24, 2.45) is 0 Å². The van der Waals surface area contributed by atoms with Crippen molar-refractivity contribution < 1.29 is 28.2 Å². The molecule has 8 rings (SSSR count). The molecule has 1 atom stereocenters. The molecule has 0 fully saturated rings. The van der Waals surface area contributed by atoms with E-state index in [0.29, 0.717) is 48.1 Å².